The Hall–Kier alpha value is -2.27. The molecule has 0 aliphatic carbocycles. The third-order valence-corrected chi connectivity index (χ3v) is 4.45. The second-order valence-corrected chi connectivity index (χ2v) is 6.54. The first kappa shape index (κ1) is 16.6. The highest BCUT2D eigenvalue weighted by molar-refractivity contribution is 5.91. The van der Waals surface area contributed by atoms with E-state index in [1.165, 1.54) is 19.4 Å². The Morgan fingerprint density at radius 2 is 2.08 bits per heavy atom. The minimum atomic E-state index is -0.185. The average Bonchev–Trinajstić information content (AvgIpc) is 2.61. The summed E-state index contributed by atoms with van der Waals surface area (Å²) in [5, 5.41) is 2.87. The molecule has 0 bridgehead atoms. The van der Waals surface area contributed by atoms with Crippen LogP contribution in [0.25, 0.3) is 0 Å². The topological polar surface area (TPSA) is 58.1 Å². The van der Waals surface area contributed by atoms with Gasteiger partial charge in [0.05, 0.1) is 11.9 Å². The molecule has 0 spiro atoms. The van der Waals surface area contributed by atoms with Gasteiger partial charge >= 0.3 is 0 Å². The number of carbonyl (C=O) groups is 1. The van der Waals surface area contributed by atoms with E-state index in [-0.39, 0.29) is 5.91 Å². The smallest absolute Gasteiger partial charge is 0.271 e. The highest BCUT2D eigenvalue weighted by Crippen LogP contribution is 2.18. The number of hydrogen-bond donors (Lipinski definition) is 1. The maximum atomic E-state index is 12.1. The van der Waals surface area contributed by atoms with E-state index in [1.807, 2.05) is 30.3 Å². The van der Waals surface area contributed by atoms with Crippen LogP contribution in [0.1, 0.15) is 34.6 Å². The van der Waals surface area contributed by atoms with E-state index < -0.39 is 0 Å². The summed E-state index contributed by atoms with van der Waals surface area (Å²) in [4.78, 5) is 23.2. The van der Waals surface area contributed by atoms with Crippen molar-refractivity contribution in [3.63, 3.8) is 0 Å². The van der Waals surface area contributed by atoms with Gasteiger partial charge in [0.1, 0.15) is 5.69 Å². The van der Waals surface area contributed by atoms with Gasteiger partial charge < -0.3 is 10.2 Å². The second kappa shape index (κ2) is 8.02. The number of amides is 1. The van der Waals surface area contributed by atoms with Crippen LogP contribution in [0.2, 0.25) is 0 Å². The van der Waals surface area contributed by atoms with Crippen LogP contribution in [0.3, 0.4) is 0 Å². The molecule has 1 aliphatic rings. The standard InChI is InChI=1S/C19H24N4O/c1-23-9-5-8-16(14-23)10-17-12-21-18(13-20-17)19(24)22-11-15-6-3-2-4-7-15/h2-4,6-7,12-13,16H,5,8-11,14H2,1H3,(H,22,24)/t16-/m0/s1. The summed E-state index contributed by atoms with van der Waals surface area (Å²) < 4.78 is 0. The van der Waals surface area contributed by atoms with Crippen LogP contribution >= 0.6 is 0 Å². The summed E-state index contributed by atoms with van der Waals surface area (Å²) >= 11 is 0. The quantitative estimate of drug-likeness (QED) is 0.917. The molecule has 1 saturated heterocycles. The summed E-state index contributed by atoms with van der Waals surface area (Å²) in [6.07, 6.45) is 6.75. The lowest BCUT2D eigenvalue weighted by molar-refractivity contribution is 0.0945. The zero-order chi connectivity index (χ0) is 16.8. The molecule has 1 aromatic heterocycles. The Labute approximate surface area is 143 Å². The van der Waals surface area contributed by atoms with Crippen molar-refractivity contribution in [3.8, 4) is 0 Å². The van der Waals surface area contributed by atoms with E-state index in [2.05, 4.69) is 27.2 Å². The van der Waals surface area contributed by atoms with E-state index in [4.69, 9.17) is 0 Å². The van der Waals surface area contributed by atoms with Gasteiger partial charge in [0.2, 0.25) is 0 Å². The van der Waals surface area contributed by atoms with Crippen LogP contribution < -0.4 is 5.32 Å². The van der Waals surface area contributed by atoms with E-state index in [1.54, 1.807) is 12.4 Å². The lowest BCUT2D eigenvalue weighted by Crippen LogP contribution is -2.33. The molecule has 2 heterocycles. The third kappa shape index (κ3) is 4.61. The maximum Gasteiger partial charge on any atom is 0.271 e. The molecular weight excluding hydrogens is 300 g/mol. The van der Waals surface area contributed by atoms with Crippen molar-refractivity contribution >= 4 is 5.91 Å². The average molecular weight is 324 g/mol. The molecule has 1 N–H and O–H groups in total. The Bertz CT molecular complexity index is 657. The number of rotatable bonds is 5. The number of nitrogens with zero attached hydrogens (tertiary/aromatic N) is 3. The molecule has 3 rings (SSSR count). The molecule has 1 amide bonds. The van der Waals surface area contributed by atoms with Crippen LogP contribution in [0.15, 0.2) is 42.7 Å². The third-order valence-electron chi connectivity index (χ3n) is 4.45. The molecule has 1 fully saturated rings. The van der Waals surface area contributed by atoms with E-state index in [9.17, 15) is 4.79 Å². The Morgan fingerprint density at radius 3 is 2.79 bits per heavy atom. The van der Waals surface area contributed by atoms with Gasteiger partial charge in [0.15, 0.2) is 0 Å². The van der Waals surface area contributed by atoms with Gasteiger partial charge in [-0.25, -0.2) is 4.98 Å². The van der Waals surface area contributed by atoms with Gasteiger partial charge in [-0.15, -0.1) is 0 Å². The predicted octanol–water partition coefficient (Wildman–Crippen LogP) is 2.29. The number of likely N-dealkylation sites (tertiary alicyclic amines) is 1. The van der Waals surface area contributed by atoms with Gasteiger partial charge in [-0.3, -0.25) is 9.78 Å². The monoisotopic (exact) mass is 324 g/mol. The van der Waals surface area contributed by atoms with E-state index >= 15 is 0 Å². The van der Waals surface area contributed by atoms with Gasteiger partial charge in [-0.05, 0) is 44.3 Å². The van der Waals surface area contributed by atoms with Gasteiger partial charge in [-0.2, -0.15) is 0 Å². The number of benzene rings is 1. The van der Waals surface area contributed by atoms with Crippen LogP contribution in [0, 0.1) is 5.92 Å². The summed E-state index contributed by atoms with van der Waals surface area (Å²) in [5.74, 6) is 0.450. The SMILES string of the molecule is CN1CCC[C@@H](Cc2cnc(C(=O)NCc3ccccc3)cn2)C1. The fraction of sp³-hybridized carbons (Fsp3) is 0.421. The maximum absolute atomic E-state index is 12.1. The molecule has 0 unspecified atom stereocenters. The fourth-order valence-electron chi connectivity index (χ4n) is 3.18. The van der Waals surface area contributed by atoms with Crippen LogP contribution in [0.4, 0.5) is 0 Å². The molecule has 5 heteroatoms. The van der Waals surface area contributed by atoms with Crippen molar-refractivity contribution < 1.29 is 4.79 Å². The van der Waals surface area contributed by atoms with Crippen LogP contribution in [0.5, 0.6) is 0 Å². The minimum Gasteiger partial charge on any atom is -0.347 e. The number of aromatic nitrogens is 2. The highest BCUT2D eigenvalue weighted by Gasteiger charge is 2.18. The van der Waals surface area contributed by atoms with E-state index in [0.717, 1.165) is 24.2 Å². The van der Waals surface area contributed by atoms with Crippen molar-refractivity contribution in [2.24, 2.45) is 5.92 Å². The zero-order valence-corrected chi connectivity index (χ0v) is 14.1. The highest BCUT2D eigenvalue weighted by atomic mass is 16.1. The van der Waals surface area contributed by atoms with Crippen LogP contribution in [-0.2, 0) is 13.0 Å². The van der Waals surface area contributed by atoms with Gasteiger partial charge in [0.25, 0.3) is 5.91 Å². The Kier molecular flexibility index (Phi) is 5.54. The molecule has 1 aromatic carbocycles. The molecule has 0 radical (unpaired) electrons. The van der Waals surface area contributed by atoms with E-state index in [0.29, 0.717) is 18.2 Å². The summed E-state index contributed by atoms with van der Waals surface area (Å²) in [6.45, 7) is 2.79. The summed E-state index contributed by atoms with van der Waals surface area (Å²) in [7, 11) is 2.16. The first-order valence-corrected chi connectivity index (χ1v) is 8.52. The second-order valence-electron chi connectivity index (χ2n) is 6.54. The zero-order valence-electron chi connectivity index (χ0n) is 14.1. The largest absolute Gasteiger partial charge is 0.347 e. The Balaban J connectivity index is 1.52. The van der Waals surface area contributed by atoms with Crippen molar-refractivity contribution in [2.45, 2.75) is 25.8 Å². The molecule has 5 nitrogen and oxygen atoms in total. The van der Waals surface area contributed by atoms with Crippen molar-refractivity contribution in [1.82, 2.24) is 20.2 Å². The lowest BCUT2D eigenvalue weighted by atomic mass is 9.94. The van der Waals surface area contributed by atoms with Crippen LogP contribution in [-0.4, -0.2) is 40.9 Å². The molecule has 1 atom stereocenters. The first-order chi connectivity index (χ1) is 11.7. The lowest BCUT2D eigenvalue weighted by Gasteiger charge is -2.29. The molecular formula is C19H24N4O. The number of nitrogens with one attached hydrogen (secondary N) is 1. The molecule has 1 aliphatic heterocycles. The Morgan fingerprint density at radius 1 is 1.25 bits per heavy atom. The summed E-state index contributed by atoms with van der Waals surface area (Å²) in [6, 6.07) is 9.84. The van der Waals surface area contributed by atoms with Gasteiger partial charge in [0, 0.05) is 19.3 Å². The first-order valence-electron chi connectivity index (χ1n) is 8.52. The van der Waals surface area contributed by atoms with Gasteiger partial charge in [-0.1, -0.05) is 30.3 Å². The molecule has 0 saturated carbocycles. The number of hydrogen-bond acceptors (Lipinski definition) is 4. The normalized spacial score (nSPS) is 18.3. The van der Waals surface area contributed by atoms with Crippen molar-refractivity contribution in [2.75, 3.05) is 20.1 Å². The molecule has 2 aromatic rings. The number of piperidine rings is 1. The molecule has 24 heavy (non-hydrogen) atoms. The molecule has 126 valence electrons. The predicted molar refractivity (Wildman–Crippen MR) is 93.6 cm³/mol. The summed E-state index contributed by atoms with van der Waals surface area (Å²) in [5.41, 5.74) is 2.40. The van der Waals surface area contributed by atoms with Crippen molar-refractivity contribution in [3.05, 3.63) is 59.7 Å². The minimum absolute atomic E-state index is 0.185. The number of carbonyl (C=O) groups excluding carboxylic acids is 1. The van der Waals surface area contributed by atoms with Crippen molar-refractivity contribution in [1.29, 1.82) is 0 Å². The fourth-order valence-corrected chi connectivity index (χ4v) is 3.18.